The lowest BCUT2D eigenvalue weighted by atomic mass is 9.57. The molecule has 4 unspecified atom stereocenters. The van der Waals surface area contributed by atoms with Crippen LogP contribution in [-0.4, -0.2) is 5.67 Å². The quantitative estimate of drug-likeness (QED) is 0.339. The van der Waals surface area contributed by atoms with Crippen molar-refractivity contribution in [3.05, 3.63) is 0 Å². The second-order valence-electron chi connectivity index (χ2n) is 15.7. The Kier molecular flexibility index (Phi) is 14.0. The summed E-state index contributed by atoms with van der Waals surface area (Å²) in [7, 11) is 0. The minimum absolute atomic E-state index is 0.140. The summed E-state index contributed by atoms with van der Waals surface area (Å²) in [4.78, 5) is 0. The fraction of sp³-hybridized carbons (Fsp3) is 1.00. The van der Waals surface area contributed by atoms with E-state index < -0.39 is 5.67 Å². The molecule has 220 valence electrons. The molecule has 0 aromatic rings. The summed E-state index contributed by atoms with van der Waals surface area (Å²) in [5.41, 5.74) is -0.384. The normalized spacial score (nSPS) is 36.3. The van der Waals surface area contributed by atoms with E-state index >= 15 is 4.39 Å². The van der Waals surface area contributed by atoms with Crippen LogP contribution in [0, 0.1) is 28.1 Å². The molecule has 0 amide bonds. The highest BCUT2D eigenvalue weighted by molar-refractivity contribution is 5.01. The van der Waals surface area contributed by atoms with Gasteiger partial charge in [0, 0.05) is 5.41 Å². The average molecular weight is 521 g/mol. The van der Waals surface area contributed by atoms with Crippen molar-refractivity contribution in [2.75, 3.05) is 0 Å². The lowest BCUT2D eigenvalue weighted by Gasteiger charge is -2.50. The lowest BCUT2D eigenvalue weighted by molar-refractivity contribution is -0.0676. The third-order valence-electron chi connectivity index (χ3n) is 11.3. The van der Waals surface area contributed by atoms with Crippen molar-refractivity contribution >= 4 is 0 Å². The van der Waals surface area contributed by atoms with E-state index in [-0.39, 0.29) is 10.8 Å². The number of alkyl halides is 1. The van der Waals surface area contributed by atoms with Gasteiger partial charge in [-0.25, -0.2) is 4.39 Å². The van der Waals surface area contributed by atoms with Crippen LogP contribution in [0.15, 0.2) is 0 Å². The standard InChI is InChI=1S/C36H69F/c1-8-32-21-18-25-34(6,7)30-35(9-2)26-17-14-20-31(3)23-29-33(4,5)24-15-12-10-11-13-16-27-36(35,37)28-19-22-32/h31-32H,8-30H2,1-7H3. The Morgan fingerprint density at radius 2 is 1.11 bits per heavy atom. The fourth-order valence-corrected chi connectivity index (χ4v) is 8.42. The summed E-state index contributed by atoms with van der Waals surface area (Å²) >= 11 is 0. The van der Waals surface area contributed by atoms with Crippen LogP contribution in [0.4, 0.5) is 4.39 Å². The van der Waals surface area contributed by atoms with Crippen LogP contribution in [0.3, 0.4) is 0 Å². The third-order valence-corrected chi connectivity index (χ3v) is 11.3. The van der Waals surface area contributed by atoms with Gasteiger partial charge in [0.05, 0.1) is 0 Å². The van der Waals surface area contributed by atoms with Gasteiger partial charge in [0.25, 0.3) is 0 Å². The average Bonchev–Trinajstić information content (AvgIpc) is 2.85. The molecule has 2 aliphatic carbocycles. The van der Waals surface area contributed by atoms with Gasteiger partial charge in [-0.2, -0.15) is 0 Å². The van der Waals surface area contributed by atoms with E-state index in [1.165, 1.54) is 103 Å². The summed E-state index contributed by atoms with van der Waals surface area (Å²) in [6, 6.07) is 0. The lowest BCUT2D eigenvalue weighted by Crippen LogP contribution is -2.47. The van der Waals surface area contributed by atoms with Gasteiger partial charge in [-0.05, 0) is 80.5 Å². The molecule has 0 nitrogen and oxygen atoms in total. The number of hydrogen-bond donors (Lipinski definition) is 0. The summed E-state index contributed by atoms with van der Waals surface area (Å²) in [6.07, 6.45) is 28.1. The van der Waals surface area contributed by atoms with Crippen molar-refractivity contribution in [3.8, 4) is 0 Å². The zero-order chi connectivity index (χ0) is 27.4. The van der Waals surface area contributed by atoms with E-state index in [0.29, 0.717) is 5.41 Å². The summed E-state index contributed by atoms with van der Waals surface area (Å²) in [6.45, 7) is 17.1. The Hall–Kier alpha value is -0.0700. The van der Waals surface area contributed by atoms with Crippen molar-refractivity contribution in [2.45, 2.75) is 202 Å². The smallest absolute Gasteiger partial charge is 0.116 e. The molecule has 0 aromatic heterocycles. The van der Waals surface area contributed by atoms with Gasteiger partial charge in [-0.1, -0.05) is 138 Å². The van der Waals surface area contributed by atoms with Crippen LogP contribution in [-0.2, 0) is 0 Å². The van der Waals surface area contributed by atoms with Crippen molar-refractivity contribution in [1.82, 2.24) is 0 Å². The molecule has 0 bridgehead atoms. The van der Waals surface area contributed by atoms with Crippen molar-refractivity contribution in [1.29, 1.82) is 0 Å². The first-order valence-corrected chi connectivity index (χ1v) is 17.2. The first kappa shape index (κ1) is 33.1. The fourth-order valence-electron chi connectivity index (χ4n) is 8.42. The molecule has 37 heavy (non-hydrogen) atoms. The van der Waals surface area contributed by atoms with Crippen LogP contribution in [0.5, 0.6) is 0 Å². The molecular weight excluding hydrogens is 451 g/mol. The van der Waals surface area contributed by atoms with E-state index in [0.717, 1.165) is 56.8 Å². The molecule has 0 aliphatic heterocycles. The Labute approximate surface area is 234 Å². The zero-order valence-electron chi connectivity index (χ0n) is 26.8. The molecule has 0 spiro atoms. The first-order chi connectivity index (χ1) is 17.5. The molecule has 0 N–H and O–H groups in total. The molecule has 2 aliphatic rings. The molecule has 2 saturated carbocycles. The molecule has 2 rings (SSSR count). The molecule has 0 heterocycles. The van der Waals surface area contributed by atoms with Gasteiger partial charge < -0.3 is 0 Å². The summed E-state index contributed by atoms with van der Waals surface area (Å²) < 4.78 is 17.7. The molecular formula is C36H69F. The highest BCUT2D eigenvalue weighted by Crippen LogP contribution is 2.56. The van der Waals surface area contributed by atoms with E-state index in [1.807, 2.05) is 0 Å². The minimum Gasteiger partial charge on any atom is -0.243 e. The number of fused-ring (bicyclic) bond motifs is 1. The SMILES string of the molecule is CCC1CCCC(C)(C)CC2(CC)CCCCC(C)CCC(C)(C)CCCCCCCCC2(F)CCC1. The maximum absolute atomic E-state index is 17.7. The van der Waals surface area contributed by atoms with E-state index in [9.17, 15) is 0 Å². The second kappa shape index (κ2) is 15.6. The summed E-state index contributed by atoms with van der Waals surface area (Å²) in [5, 5.41) is 0. The predicted molar refractivity (Wildman–Crippen MR) is 164 cm³/mol. The predicted octanol–water partition coefficient (Wildman–Crippen LogP) is 13.0. The van der Waals surface area contributed by atoms with Crippen molar-refractivity contribution < 1.29 is 4.39 Å². The zero-order valence-corrected chi connectivity index (χ0v) is 26.8. The van der Waals surface area contributed by atoms with Crippen LogP contribution in [0.25, 0.3) is 0 Å². The maximum Gasteiger partial charge on any atom is 0.116 e. The molecule has 2 fully saturated rings. The Balaban J connectivity index is 2.26. The maximum atomic E-state index is 17.7. The van der Waals surface area contributed by atoms with E-state index in [2.05, 4.69) is 48.5 Å². The molecule has 0 radical (unpaired) electrons. The highest BCUT2D eigenvalue weighted by atomic mass is 19.1. The van der Waals surface area contributed by atoms with E-state index in [1.54, 1.807) is 0 Å². The second-order valence-corrected chi connectivity index (χ2v) is 15.7. The minimum atomic E-state index is -0.983. The topological polar surface area (TPSA) is 0 Å². The van der Waals surface area contributed by atoms with Gasteiger partial charge in [0.1, 0.15) is 5.67 Å². The van der Waals surface area contributed by atoms with Crippen molar-refractivity contribution in [2.24, 2.45) is 28.1 Å². The number of rotatable bonds is 2. The Morgan fingerprint density at radius 3 is 1.76 bits per heavy atom. The largest absolute Gasteiger partial charge is 0.243 e. The van der Waals surface area contributed by atoms with Gasteiger partial charge in [-0.15, -0.1) is 0 Å². The van der Waals surface area contributed by atoms with Crippen LogP contribution >= 0.6 is 0 Å². The number of halogens is 1. The molecule has 4 atom stereocenters. The number of hydrogen-bond acceptors (Lipinski definition) is 0. The molecule has 0 aromatic carbocycles. The van der Waals surface area contributed by atoms with Crippen LogP contribution in [0.1, 0.15) is 196 Å². The van der Waals surface area contributed by atoms with E-state index in [4.69, 9.17) is 0 Å². The highest BCUT2D eigenvalue weighted by Gasteiger charge is 2.51. The van der Waals surface area contributed by atoms with Gasteiger partial charge in [-0.3, -0.25) is 0 Å². The van der Waals surface area contributed by atoms with Crippen LogP contribution < -0.4 is 0 Å². The Morgan fingerprint density at radius 1 is 0.568 bits per heavy atom. The summed E-state index contributed by atoms with van der Waals surface area (Å²) in [5.74, 6) is 1.61. The third kappa shape index (κ3) is 11.1. The van der Waals surface area contributed by atoms with Crippen molar-refractivity contribution in [3.63, 3.8) is 0 Å². The van der Waals surface area contributed by atoms with Crippen LogP contribution in [0.2, 0.25) is 0 Å². The van der Waals surface area contributed by atoms with Gasteiger partial charge in [0.15, 0.2) is 0 Å². The molecule has 1 heteroatoms. The first-order valence-electron chi connectivity index (χ1n) is 17.2. The monoisotopic (exact) mass is 521 g/mol. The van der Waals surface area contributed by atoms with Gasteiger partial charge >= 0.3 is 0 Å². The molecule has 0 saturated heterocycles. The van der Waals surface area contributed by atoms with Gasteiger partial charge in [0.2, 0.25) is 0 Å². The Bertz CT molecular complexity index is 606.